The Morgan fingerprint density at radius 2 is 1.83 bits per heavy atom. The fourth-order valence-electron chi connectivity index (χ4n) is 3.85. The summed E-state index contributed by atoms with van der Waals surface area (Å²) in [4.78, 5) is 12.8. The normalized spacial score (nSPS) is 14.5. The molecule has 2 aromatic rings. The molecule has 0 bridgehead atoms. The van der Waals surface area contributed by atoms with Crippen molar-refractivity contribution in [3.63, 3.8) is 0 Å². The number of anilines is 1. The highest BCUT2D eigenvalue weighted by molar-refractivity contribution is 7.92. The molecule has 0 heterocycles. The summed E-state index contributed by atoms with van der Waals surface area (Å²) in [6, 6.07) is 13.0. The van der Waals surface area contributed by atoms with Gasteiger partial charge >= 0.3 is 0 Å². The molecule has 0 radical (unpaired) electrons. The molecule has 2 aromatic carbocycles. The van der Waals surface area contributed by atoms with E-state index in [0.717, 1.165) is 29.0 Å². The lowest BCUT2D eigenvalue weighted by atomic mass is 9.89. The highest BCUT2D eigenvalue weighted by atomic mass is 32.2. The number of rotatable bonds is 8. The maximum atomic E-state index is 12.8. The fraction of sp³-hybridized carbons (Fsp3) is 0.435. The molecule has 0 fully saturated rings. The third-order valence-electron chi connectivity index (χ3n) is 5.37. The van der Waals surface area contributed by atoms with Crippen LogP contribution in [0.1, 0.15) is 49.4 Å². The van der Waals surface area contributed by atoms with Crippen LogP contribution in [0.5, 0.6) is 5.75 Å². The van der Waals surface area contributed by atoms with Gasteiger partial charge < -0.3 is 10.1 Å². The summed E-state index contributed by atoms with van der Waals surface area (Å²) in [5.74, 6) is 0.0675. The Kier molecular flexibility index (Phi) is 7.02. The van der Waals surface area contributed by atoms with E-state index in [1.165, 1.54) is 24.0 Å². The Morgan fingerprint density at radius 1 is 1.13 bits per heavy atom. The number of hydrogen-bond acceptors (Lipinski definition) is 4. The summed E-state index contributed by atoms with van der Waals surface area (Å²) >= 11 is 0. The molecule has 1 N–H and O–H groups in total. The lowest BCUT2D eigenvalue weighted by molar-refractivity contribution is -0.120. The predicted molar refractivity (Wildman–Crippen MR) is 119 cm³/mol. The van der Waals surface area contributed by atoms with Crippen LogP contribution in [-0.4, -0.2) is 33.7 Å². The molecule has 1 amide bonds. The second kappa shape index (κ2) is 9.51. The van der Waals surface area contributed by atoms with Crippen LogP contribution in [0.2, 0.25) is 0 Å². The summed E-state index contributed by atoms with van der Waals surface area (Å²) in [6.07, 6.45) is 5.69. The average molecular weight is 431 g/mol. The number of fused-ring (bicyclic) bond motifs is 1. The van der Waals surface area contributed by atoms with Gasteiger partial charge in [-0.15, -0.1) is 0 Å². The van der Waals surface area contributed by atoms with E-state index in [0.29, 0.717) is 18.0 Å². The van der Waals surface area contributed by atoms with Gasteiger partial charge in [0.05, 0.1) is 24.6 Å². The standard InChI is InChI=1S/C23H30N2O4S/c1-4-29-22-12-8-7-11-21(22)25(30(3,27)28)16-23(26)24-17(2)19-14-13-18-9-5-6-10-20(18)15-19/h7-8,11-15,17H,4-6,9-10,16H2,1-3H3,(H,24,26). The molecule has 1 aliphatic rings. The number of aryl methyl sites for hydroxylation is 2. The first-order valence-electron chi connectivity index (χ1n) is 10.4. The quantitative estimate of drug-likeness (QED) is 0.694. The Bertz CT molecular complexity index is 1000. The van der Waals surface area contributed by atoms with Crippen molar-refractivity contribution in [3.05, 3.63) is 59.2 Å². The van der Waals surface area contributed by atoms with Gasteiger partial charge in [-0.3, -0.25) is 9.10 Å². The number of nitrogens with one attached hydrogen (secondary N) is 1. The van der Waals surface area contributed by atoms with Gasteiger partial charge in [-0.1, -0.05) is 30.3 Å². The van der Waals surface area contributed by atoms with Gasteiger partial charge in [0.2, 0.25) is 15.9 Å². The van der Waals surface area contributed by atoms with Crippen molar-refractivity contribution in [2.45, 2.75) is 45.6 Å². The topological polar surface area (TPSA) is 75.7 Å². The van der Waals surface area contributed by atoms with Crippen LogP contribution in [-0.2, 0) is 27.7 Å². The zero-order valence-corrected chi connectivity index (χ0v) is 18.7. The van der Waals surface area contributed by atoms with E-state index in [2.05, 4.69) is 17.4 Å². The van der Waals surface area contributed by atoms with Gasteiger partial charge in [-0.05, 0) is 68.4 Å². The molecule has 0 spiro atoms. The smallest absolute Gasteiger partial charge is 0.241 e. The SMILES string of the molecule is CCOc1ccccc1N(CC(=O)NC(C)c1ccc2c(c1)CCCC2)S(C)(=O)=O. The number of hydrogen-bond donors (Lipinski definition) is 1. The van der Waals surface area contributed by atoms with Crippen LogP contribution in [0.4, 0.5) is 5.69 Å². The van der Waals surface area contributed by atoms with E-state index in [-0.39, 0.29) is 18.5 Å². The zero-order chi connectivity index (χ0) is 21.7. The monoisotopic (exact) mass is 430 g/mol. The van der Waals surface area contributed by atoms with Gasteiger partial charge in [0.15, 0.2) is 0 Å². The largest absolute Gasteiger partial charge is 0.492 e. The number of sulfonamides is 1. The number of para-hydroxylation sites is 2. The van der Waals surface area contributed by atoms with Gasteiger partial charge in [0.1, 0.15) is 12.3 Å². The summed E-state index contributed by atoms with van der Waals surface area (Å²) in [5.41, 5.74) is 4.13. The van der Waals surface area contributed by atoms with Crippen LogP contribution in [0.3, 0.4) is 0 Å². The first-order chi connectivity index (χ1) is 14.3. The van der Waals surface area contributed by atoms with Crippen LogP contribution < -0.4 is 14.4 Å². The molecule has 0 saturated heterocycles. The molecule has 3 rings (SSSR count). The molecule has 6 nitrogen and oxygen atoms in total. The lowest BCUT2D eigenvalue weighted by Crippen LogP contribution is -2.41. The minimum atomic E-state index is -3.67. The number of nitrogens with zero attached hydrogens (tertiary/aromatic N) is 1. The van der Waals surface area contributed by atoms with Gasteiger partial charge in [-0.2, -0.15) is 0 Å². The maximum Gasteiger partial charge on any atom is 0.241 e. The molecular formula is C23H30N2O4S. The predicted octanol–water partition coefficient (Wildman–Crippen LogP) is 3.61. The molecule has 0 aromatic heterocycles. The molecule has 1 atom stereocenters. The number of amides is 1. The van der Waals surface area contributed by atoms with Crippen LogP contribution in [0, 0.1) is 0 Å². The molecule has 7 heteroatoms. The highest BCUT2D eigenvalue weighted by Gasteiger charge is 2.25. The van der Waals surface area contributed by atoms with Crippen molar-refractivity contribution in [1.29, 1.82) is 0 Å². The van der Waals surface area contributed by atoms with E-state index in [1.54, 1.807) is 24.3 Å². The van der Waals surface area contributed by atoms with E-state index in [4.69, 9.17) is 4.74 Å². The van der Waals surface area contributed by atoms with Crippen molar-refractivity contribution >= 4 is 21.6 Å². The Balaban J connectivity index is 1.75. The highest BCUT2D eigenvalue weighted by Crippen LogP contribution is 2.30. The minimum absolute atomic E-state index is 0.215. The van der Waals surface area contributed by atoms with Crippen molar-refractivity contribution in [3.8, 4) is 5.75 Å². The first kappa shape index (κ1) is 22.2. The third-order valence-corrected chi connectivity index (χ3v) is 6.50. The zero-order valence-electron chi connectivity index (χ0n) is 17.8. The molecular weight excluding hydrogens is 400 g/mol. The van der Waals surface area contributed by atoms with E-state index in [1.807, 2.05) is 19.9 Å². The molecule has 162 valence electrons. The average Bonchev–Trinajstić information content (AvgIpc) is 2.71. The summed E-state index contributed by atoms with van der Waals surface area (Å²) in [5, 5.41) is 2.94. The second-order valence-electron chi connectivity index (χ2n) is 7.69. The molecule has 1 aliphatic carbocycles. The molecule has 1 unspecified atom stereocenters. The van der Waals surface area contributed by atoms with Crippen LogP contribution in [0.25, 0.3) is 0 Å². The minimum Gasteiger partial charge on any atom is -0.492 e. The summed E-state index contributed by atoms with van der Waals surface area (Å²) in [6.45, 7) is 3.84. The van der Waals surface area contributed by atoms with Gasteiger partial charge in [0, 0.05) is 0 Å². The van der Waals surface area contributed by atoms with Gasteiger partial charge in [-0.25, -0.2) is 8.42 Å². The van der Waals surface area contributed by atoms with Crippen LogP contribution >= 0.6 is 0 Å². The van der Waals surface area contributed by atoms with Crippen LogP contribution in [0.15, 0.2) is 42.5 Å². The van der Waals surface area contributed by atoms with E-state index >= 15 is 0 Å². The van der Waals surface area contributed by atoms with E-state index in [9.17, 15) is 13.2 Å². The summed E-state index contributed by atoms with van der Waals surface area (Å²) in [7, 11) is -3.67. The Labute approximate surface area is 179 Å². The molecule has 0 aliphatic heterocycles. The number of carbonyl (C=O) groups excluding carboxylic acids is 1. The van der Waals surface area contributed by atoms with E-state index < -0.39 is 10.0 Å². The second-order valence-corrected chi connectivity index (χ2v) is 9.60. The maximum absolute atomic E-state index is 12.8. The lowest BCUT2D eigenvalue weighted by Gasteiger charge is -2.25. The Morgan fingerprint density at radius 3 is 2.53 bits per heavy atom. The van der Waals surface area contributed by atoms with Crippen molar-refractivity contribution in [2.24, 2.45) is 0 Å². The van der Waals surface area contributed by atoms with Gasteiger partial charge in [0.25, 0.3) is 0 Å². The summed E-state index contributed by atoms with van der Waals surface area (Å²) < 4.78 is 31.5. The first-order valence-corrected chi connectivity index (χ1v) is 12.2. The fourth-order valence-corrected chi connectivity index (χ4v) is 4.71. The van der Waals surface area contributed by atoms with Crippen molar-refractivity contribution < 1.29 is 17.9 Å². The number of ether oxygens (including phenoxy) is 1. The third kappa shape index (κ3) is 5.33. The number of carbonyl (C=O) groups is 1. The number of benzene rings is 2. The van der Waals surface area contributed by atoms with Crippen molar-refractivity contribution in [1.82, 2.24) is 5.32 Å². The molecule has 0 saturated carbocycles. The Hall–Kier alpha value is -2.54. The molecule has 30 heavy (non-hydrogen) atoms. The van der Waals surface area contributed by atoms with Crippen molar-refractivity contribution in [2.75, 3.05) is 23.7 Å².